The number of benzene rings is 1. The number of hydrogen-bond acceptors (Lipinski definition) is 4. The van der Waals surface area contributed by atoms with Crippen molar-refractivity contribution in [1.29, 1.82) is 0 Å². The van der Waals surface area contributed by atoms with Crippen molar-refractivity contribution in [2.24, 2.45) is 0 Å². The Bertz CT molecular complexity index is 873. The number of aryl methyl sites for hydroxylation is 1. The van der Waals surface area contributed by atoms with Crippen LogP contribution < -0.4 is 16.1 Å². The maximum absolute atomic E-state index is 14.1. The van der Waals surface area contributed by atoms with Gasteiger partial charge >= 0.3 is 0 Å². The lowest BCUT2D eigenvalue weighted by molar-refractivity contribution is 0.0945. The molecule has 0 atom stereocenters. The molecule has 1 aromatic heterocycles. The topological polar surface area (TPSA) is 76.0 Å². The first kappa shape index (κ1) is 20.2. The fourth-order valence-corrected chi connectivity index (χ4v) is 3.59. The lowest BCUT2D eigenvalue weighted by Gasteiger charge is -2.16. The summed E-state index contributed by atoms with van der Waals surface area (Å²) in [5, 5.41) is 10.3. The number of para-hydroxylation sites is 1. The molecule has 1 heterocycles. The zero-order valence-corrected chi connectivity index (χ0v) is 16.2. The molecule has 1 fully saturated rings. The predicted molar refractivity (Wildman–Crippen MR) is 106 cm³/mol. The first-order valence-electron chi connectivity index (χ1n) is 9.94. The Labute approximate surface area is 164 Å². The molecule has 3 rings (SSSR count). The highest BCUT2D eigenvalue weighted by molar-refractivity contribution is 5.92. The maximum Gasteiger partial charge on any atom is 0.275 e. The van der Waals surface area contributed by atoms with E-state index in [4.69, 9.17) is 0 Å². The molecule has 7 heteroatoms. The summed E-state index contributed by atoms with van der Waals surface area (Å²) in [6.07, 6.45) is 7.41. The molecule has 0 aliphatic heterocycles. The zero-order chi connectivity index (χ0) is 19.9. The second kappa shape index (κ2) is 9.59. The summed E-state index contributed by atoms with van der Waals surface area (Å²) >= 11 is 0. The Kier molecular flexibility index (Phi) is 6.92. The molecule has 6 nitrogen and oxygen atoms in total. The molecule has 150 valence electrons. The quantitative estimate of drug-likeness (QED) is 0.591. The lowest BCUT2D eigenvalue weighted by Crippen LogP contribution is -2.39. The maximum atomic E-state index is 14.1. The largest absolute Gasteiger partial charge is 0.349 e. The number of carbonyl (C=O) groups excluding carboxylic acids is 1. The summed E-state index contributed by atoms with van der Waals surface area (Å²) < 4.78 is 15.4. The van der Waals surface area contributed by atoms with E-state index in [0.29, 0.717) is 24.8 Å². The van der Waals surface area contributed by atoms with Crippen LogP contribution in [0.1, 0.15) is 54.7 Å². The van der Waals surface area contributed by atoms with Gasteiger partial charge in [-0.2, -0.15) is 5.10 Å². The van der Waals surface area contributed by atoms with Crippen molar-refractivity contribution in [3.8, 4) is 5.69 Å². The second-order valence-electron chi connectivity index (χ2n) is 7.26. The van der Waals surface area contributed by atoms with Gasteiger partial charge in [-0.3, -0.25) is 9.59 Å². The van der Waals surface area contributed by atoms with Crippen molar-refractivity contribution in [2.45, 2.75) is 51.5 Å². The molecular weight excluding hydrogens is 359 g/mol. The van der Waals surface area contributed by atoms with Crippen LogP contribution in [0.15, 0.2) is 35.1 Å². The average Bonchev–Trinajstić information content (AvgIpc) is 2.95. The van der Waals surface area contributed by atoms with Gasteiger partial charge in [-0.1, -0.05) is 37.8 Å². The van der Waals surface area contributed by atoms with Crippen LogP contribution in [0, 0.1) is 12.7 Å². The van der Waals surface area contributed by atoms with Crippen molar-refractivity contribution in [3.05, 3.63) is 57.8 Å². The highest BCUT2D eigenvalue weighted by Gasteiger charge is 2.17. The molecule has 0 unspecified atom stereocenters. The van der Waals surface area contributed by atoms with E-state index >= 15 is 0 Å². The summed E-state index contributed by atoms with van der Waals surface area (Å²) in [4.78, 5) is 24.7. The van der Waals surface area contributed by atoms with Gasteiger partial charge in [0.05, 0.1) is 0 Å². The highest BCUT2D eigenvalue weighted by atomic mass is 19.1. The van der Waals surface area contributed by atoms with Crippen LogP contribution in [0.25, 0.3) is 5.69 Å². The van der Waals surface area contributed by atoms with Crippen molar-refractivity contribution in [3.63, 3.8) is 0 Å². The highest BCUT2D eigenvalue weighted by Crippen LogP contribution is 2.17. The minimum atomic E-state index is -0.544. The van der Waals surface area contributed by atoms with E-state index < -0.39 is 17.2 Å². The molecule has 1 amide bonds. The van der Waals surface area contributed by atoms with Crippen LogP contribution in [0.3, 0.4) is 0 Å². The van der Waals surface area contributed by atoms with Crippen molar-refractivity contribution >= 4 is 5.91 Å². The van der Waals surface area contributed by atoms with Crippen molar-refractivity contribution in [1.82, 2.24) is 20.4 Å². The Balaban J connectivity index is 1.64. The average molecular weight is 386 g/mol. The third kappa shape index (κ3) is 5.04. The standard InChI is InChI=1S/C21H27FN4O2/c1-15-14-19(27)20(25-26(15)18-11-7-6-10-17(18)22)21(28)24-13-12-23-16-8-4-2-3-5-9-16/h6-7,10-11,14,16,23H,2-5,8-9,12-13H2,1H3,(H,24,28). The first-order valence-corrected chi connectivity index (χ1v) is 9.94. The molecule has 2 N–H and O–H groups in total. The van der Waals surface area contributed by atoms with E-state index in [1.165, 1.54) is 55.3 Å². The van der Waals surface area contributed by atoms with Gasteiger partial charge in [-0.05, 0) is 31.9 Å². The number of amides is 1. The molecule has 1 saturated carbocycles. The van der Waals surface area contributed by atoms with Crippen LogP contribution in [0.5, 0.6) is 0 Å². The monoisotopic (exact) mass is 386 g/mol. The van der Waals surface area contributed by atoms with Gasteiger partial charge in [0.15, 0.2) is 5.69 Å². The van der Waals surface area contributed by atoms with E-state index in [2.05, 4.69) is 15.7 Å². The Morgan fingerprint density at radius 1 is 1.18 bits per heavy atom. The third-order valence-electron chi connectivity index (χ3n) is 5.10. The summed E-state index contributed by atoms with van der Waals surface area (Å²) in [5.74, 6) is -1.02. The van der Waals surface area contributed by atoms with Gasteiger partial charge in [0, 0.05) is 30.9 Å². The summed E-state index contributed by atoms with van der Waals surface area (Å²) in [5.41, 5.74) is -0.0478. The van der Waals surface area contributed by atoms with E-state index in [0.717, 1.165) is 0 Å². The van der Waals surface area contributed by atoms with E-state index in [-0.39, 0.29) is 11.4 Å². The van der Waals surface area contributed by atoms with Crippen LogP contribution in [0.2, 0.25) is 0 Å². The smallest absolute Gasteiger partial charge is 0.275 e. The summed E-state index contributed by atoms with van der Waals surface area (Å²) in [6, 6.07) is 7.92. The normalized spacial score (nSPS) is 15.2. The number of nitrogens with zero attached hydrogens (tertiary/aromatic N) is 2. The van der Waals surface area contributed by atoms with E-state index in [1.54, 1.807) is 25.1 Å². The van der Waals surface area contributed by atoms with Gasteiger partial charge < -0.3 is 10.6 Å². The fraction of sp³-hybridized carbons (Fsp3) is 0.476. The molecule has 0 bridgehead atoms. The molecule has 1 aliphatic rings. The molecule has 28 heavy (non-hydrogen) atoms. The molecule has 1 aromatic carbocycles. The minimum absolute atomic E-state index is 0.198. The minimum Gasteiger partial charge on any atom is -0.349 e. The van der Waals surface area contributed by atoms with Gasteiger partial charge in [0.25, 0.3) is 5.91 Å². The number of halogens is 1. The van der Waals surface area contributed by atoms with Gasteiger partial charge in [-0.25, -0.2) is 9.07 Å². The lowest BCUT2D eigenvalue weighted by atomic mass is 10.1. The Morgan fingerprint density at radius 3 is 2.61 bits per heavy atom. The Hall–Kier alpha value is -2.54. The second-order valence-corrected chi connectivity index (χ2v) is 7.26. The number of aromatic nitrogens is 2. The van der Waals surface area contributed by atoms with E-state index in [1.807, 2.05) is 0 Å². The Morgan fingerprint density at radius 2 is 1.89 bits per heavy atom. The molecule has 2 aromatic rings. The summed E-state index contributed by atoms with van der Waals surface area (Å²) in [7, 11) is 0. The fourth-order valence-electron chi connectivity index (χ4n) is 3.59. The van der Waals surface area contributed by atoms with Crippen LogP contribution in [-0.4, -0.2) is 34.8 Å². The number of nitrogens with one attached hydrogen (secondary N) is 2. The first-order chi connectivity index (χ1) is 13.6. The number of hydrogen-bond donors (Lipinski definition) is 2. The number of carbonyl (C=O) groups is 1. The van der Waals surface area contributed by atoms with Gasteiger partial charge in [0.2, 0.25) is 5.43 Å². The molecule has 0 spiro atoms. The molecule has 0 saturated heterocycles. The molecular formula is C21H27FN4O2. The van der Waals surface area contributed by atoms with Crippen LogP contribution in [0.4, 0.5) is 4.39 Å². The van der Waals surface area contributed by atoms with Gasteiger partial charge in [0.1, 0.15) is 11.5 Å². The van der Waals surface area contributed by atoms with Gasteiger partial charge in [-0.15, -0.1) is 0 Å². The van der Waals surface area contributed by atoms with Crippen molar-refractivity contribution < 1.29 is 9.18 Å². The molecule has 0 radical (unpaired) electrons. The van der Waals surface area contributed by atoms with E-state index in [9.17, 15) is 14.0 Å². The number of rotatable bonds is 6. The van der Waals surface area contributed by atoms with Crippen molar-refractivity contribution in [2.75, 3.05) is 13.1 Å². The predicted octanol–water partition coefficient (Wildman–Crippen LogP) is 2.72. The van der Waals surface area contributed by atoms with Crippen LogP contribution in [-0.2, 0) is 0 Å². The summed E-state index contributed by atoms with van der Waals surface area (Å²) in [6.45, 7) is 2.70. The van der Waals surface area contributed by atoms with Crippen LogP contribution >= 0.6 is 0 Å². The zero-order valence-electron chi connectivity index (χ0n) is 16.2. The SMILES string of the molecule is Cc1cc(=O)c(C(=O)NCCNC2CCCCCC2)nn1-c1ccccc1F. The third-order valence-corrected chi connectivity index (χ3v) is 5.10. The molecule has 1 aliphatic carbocycles.